The number of hydrogen-bond donors (Lipinski definition) is 2. The first-order chi connectivity index (χ1) is 16.8. The van der Waals surface area contributed by atoms with Crippen molar-refractivity contribution in [1.82, 2.24) is 0 Å². The molecule has 1 fully saturated rings. The Morgan fingerprint density at radius 2 is 1.74 bits per heavy atom. The summed E-state index contributed by atoms with van der Waals surface area (Å²) in [5.41, 5.74) is 4.75. The molecule has 35 heavy (non-hydrogen) atoms. The third-order valence-corrected chi connectivity index (χ3v) is 7.15. The van der Waals surface area contributed by atoms with E-state index in [-0.39, 0.29) is 29.4 Å². The minimum absolute atomic E-state index is 0.0322. The number of halogens is 1. The van der Waals surface area contributed by atoms with Crippen molar-refractivity contribution in [2.24, 2.45) is 11.8 Å². The Hall–Kier alpha value is -3.18. The summed E-state index contributed by atoms with van der Waals surface area (Å²) in [6.07, 6.45) is 2.40. The van der Waals surface area contributed by atoms with Crippen molar-refractivity contribution in [1.29, 1.82) is 0 Å². The number of aromatic hydroxyl groups is 1. The second-order valence-electron chi connectivity index (χ2n) is 9.72. The van der Waals surface area contributed by atoms with Gasteiger partial charge in [0.1, 0.15) is 11.6 Å². The summed E-state index contributed by atoms with van der Waals surface area (Å²) in [5, 5.41) is 21.4. The van der Waals surface area contributed by atoms with Crippen molar-refractivity contribution in [3.05, 3.63) is 88.7 Å². The number of methoxy groups -OCH3 is 1. The molecule has 0 unspecified atom stereocenters. The summed E-state index contributed by atoms with van der Waals surface area (Å²) >= 11 is 0. The Kier molecular flexibility index (Phi) is 7.56. The predicted molar refractivity (Wildman–Crippen MR) is 135 cm³/mol. The van der Waals surface area contributed by atoms with Gasteiger partial charge in [-0.2, -0.15) is 0 Å². The normalized spacial score (nSPS) is 15.9. The maximum atomic E-state index is 14.2. The number of rotatable bonds is 9. The number of aryl methyl sites for hydroxylation is 2. The minimum atomic E-state index is -0.705. The van der Waals surface area contributed by atoms with E-state index >= 15 is 0 Å². The molecule has 0 bridgehead atoms. The van der Waals surface area contributed by atoms with E-state index in [1.54, 1.807) is 12.1 Å². The van der Waals surface area contributed by atoms with Gasteiger partial charge in [-0.15, -0.1) is 0 Å². The van der Waals surface area contributed by atoms with Gasteiger partial charge in [0.15, 0.2) is 0 Å². The van der Waals surface area contributed by atoms with Crippen LogP contribution >= 0.6 is 0 Å². The number of phenols is 1. The number of esters is 1. The van der Waals surface area contributed by atoms with Gasteiger partial charge in [-0.05, 0) is 84.9 Å². The highest BCUT2D eigenvalue weighted by molar-refractivity contribution is 5.73. The fourth-order valence-electron chi connectivity index (χ4n) is 4.96. The van der Waals surface area contributed by atoms with E-state index in [0.717, 1.165) is 40.7 Å². The molecule has 0 saturated heterocycles. The lowest BCUT2D eigenvalue weighted by atomic mass is 9.82. The molecule has 3 atom stereocenters. The Balaban J connectivity index is 1.42. The number of ether oxygens (including phenoxy) is 1. The smallest absolute Gasteiger partial charge is 0.309 e. The summed E-state index contributed by atoms with van der Waals surface area (Å²) in [5.74, 6) is -0.117. The van der Waals surface area contributed by atoms with Crippen LogP contribution in [-0.2, 0) is 16.0 Å². The fraction of sp³-hybridized carbons (Fsp3) is 0.367. The summed E-state index contributed by atoms with van der Waals surface area (Å²) in [4.78, 5) is 12.1. The van der Waals surface area contributed by atoms with Crippen molar-refractivity contribution in [3.8, 4) is 16.9 Å². The van der Waals surface area contributed by atoms with Crippen LogP contribution in [0, 0.1) is 24.6 Å². The molecule has 0 aliphatic heterocycles. The van der Waals surface area contributed by atoms with Crippen molar-refractivity contribution in [3.63, 3.8) is 0 Å². The summed E-state index contributed by atoms with van der Waals surface area (Å²) in [6, 6.07) is 17.9. The Morgan fingerprint density at radius 3 is 2.37 bits per heavy atom. The quantitative estimate of drug-likeness (QED) is 0.347. The molecule has 1 aliphatic rings. The van der Waals surface area contributed by atoms with Gasteiger partial charge < -0.3 is 14.9 Å². The summed E-state index contributed by atoms with van der Waals surface area (Å²) < 4.78 is 19.1. The van der Waals surface area contributed by atoms with Crippen LogP contribution < -0.4 is 0 Å². The van der Waals surface area contributed by atoms with Gasteiger partial charge >= 0.3 is 5.97 Å². The van der Waals surface area contributed by atoms with Crippen molar-refractivity contribution >= 4 is 5.97 Å². The fourth-order valence-corrected chi connectivity index (χ4v) is 4.96. The first-order valence-electron chi connectivity index (χ1n) is 12.2. The van der Waals surface area contributed by atoms with Gasteiger partial charge in [0, 0.05) is 5.56 Å². The number of hydrogen-bond acceptors (Lipinski definition) is 4. The minimum Gasteiger partial charge on any atom is -0.508 e. The number of carbonyl (C=O) groups is 1. The van der Waals surface area contributed by atoms with Crippen LogP contribution in [0.5, 0.6) is 5.75 Å². The molecule has 1 aliphatic carbocycles. The SMILES string of the molecule is COC(=O)[C@@H](C)[C@H](c1ccc(CC[C@@H](O)c2ccc(-c3cc(C)ccc3F)cc2)c(O)c1)C1CC1. The van der Waals surface area contributed by atoms with E-state index < -0.39 is 6.10 Å². The first-order valence-corrected chi connectivity index (χ1v) is 12.2. The van der Waals surface area contributed by atoms with E-state index in [4.69, 9.17) is 4.74 Å². The molecule has 0 heterocycles. The second-order valence-corrected chi connectivity index (χ2v) is 9.72. The summed E-state index contributed by atoms with van der Waals surface area (Å²) in [7, 11) is 1.41. The van der Waals surface area contributed by atoms with E-state index in [2.05, 4.69) is 0 Å². The van der Waals surface area contributed by atoms with Crippen molar-refractivity contribution in [2.45, 2.75) is 51.6 Å². The lowest BCUT2D eigenvalue weighted by Gasteiger charge is -2.23. The largest absolute Gasteiger partial charge is 0.508 e. The zero-order valence-electron chi connectivity index (χ0n) is 20.5. The molecule has 4 rings (SSSR count). The first kappa shape index (κ1) is 24.9. The molecule has 3 aromatic rings. The van der Waals surface area contributed by atoms with E-state index in [0.29, 0.717) is 24.3 Å². The Morgan fingerprint density at radius 1 is 1.06 bits per heavy atom. The zero-order valence-corrected chi connectivity index (χ0v) is 20.5. The van der Waals surface area contributed by atoms with Crippen LogP contribution in [-0.4, -0.2) is 23.3 Å². The maximum Gasteiger partial charge on any atom is 0.309 e. The molecule has 0 radical (unpaired) electrons. The Labute approximate surface area is 206 Å². The standard InChI is InChI=1S/C30H33FO4/c1-18-4-14-26(31)25(16-18)20-5-7-21(8-6-20)27(32)15-13-22-9-12-24(17-28(22)33)29(23-10-11-23)19(2)30(34)35-3/h4-9,12,14,16-17,19,23,27,29,32-33H,10-11,13,15H2,1-3H3/t19-,27+,29-/m0/s1. The monoisotopic (exact) mass is 476 g/mol. The number of aliphatic hydroxyl groups excluding tert-OH is 1. The third kappa shape index (κ3) is 5.73. The van der Waals surface area contributed by atoms with Crippen LogP contribution in [0.15, 0.2) is 60.7 Å². The van der Waals surface area contributed by atoms with Gasteiger partial charge in [0.05, 0.1) is 19.1 Å². The average molecular weight is 477 g/mol. The topological polar surface area (TPSA) is 66.8 Å². The van der Waals surface area contributed by atoms with Crippen LogP contribution in [0.1, 0.15) is 60.5 Å². The van der Waals surface area contributed by atoms with Crippen molar-refractivity contribution in [2.75, 3.05) is 7.11 Å². The van der Waals surface area contributed by atoms with Gasteiger partial charge in [0.25, 0.3) is 0 Å². The van der Waals surface area contributed by atoms with Gasteiger partial charge in [-0.25, -0.2) is 4.39 Å². The molecule has 2 N–H and O–H groups in total. The van der Waals surface area contributed by atoms with Gasteiger partial charge in [0.2, 0.25) is 0 Å². The van der Waals surface area contributed by atoms with Gasteiger partial charge in [-0.3, -0.25) is 4.79 Å². The molecular weight excluding hydrogens is 443 g/mol. The number of carbonyl (C=O) groups excluding carboxylic acids is 1. The predicted octanol–water partition coefficient (Wildman–Crippen LogP) is 6.48. The van der Waals surface area contributed by atoms with Crippen LogP contribution in [0.3, 0.4) is 0 Å². The van der Waals surface area contributed by atoms with E-state index in [9.17, 15) is 19.4 Å². The number of aliphatic hydroxyl groups is 1. The zero-order chi connectivity index (χ0) is 25.1. The van der Waals surface area contributed by atoms with Crippen LogP contribution in [0.4, 0.5) is 4.39 Å². The number of phenolic OH excluding ortho intramolecular Hbond substituents is 1. The van der Waals surface area contributed by atoms with E-state index in [1.807, 2.05) is 56.3 Å². The maximum absolute atomic E-state index is 14.2. The lowest BCUT2D eigenvalue weighted by Crippen LogP contribution is -2.22. The highest BCUT2D eigenvalue weighted by atomic mass is 19.1. The van der Waals surface area contributed by atoms with E-state index in [1.165, 1.54) is 13.2 Å². The molecule has 4 nitrogen and oxygen atoms in total. The van der Waals surface area contributed by atoms with Crippen LogP contribution in [0.25, 0.3) is 11.1 Å². The molecule has 0 aromatic heterocycles. The molecule has 3 aromatic carbocycles. The molecule has 0 amide bonds. The van der Waals surface area contributed by atoms with Crippen LogP contribution in [0.2, 0.25) is 0 Å². The van der Waals surface area contributed by atoms with Gasteiger partial charge in [-0.1, -0.05) is 55.0 Å². The second kappa shape index (κ2) is 10.6. The summed E-state index contributed by atoms with van der Waals surface area (Å²) in [6.45, 7) is 3.81. The Bertz CT molecular complexity index is 1180. The molecule has 1 saturated carbocycles. The molecule has 0 spiro atoms. The molecule has 5 heteroatoms. The molecule has 184 valence electrons. The lowest BCUT2D eigenvalue weighted by molar-refractivity contribution is -0.145. The third-order valence-electron chi connectivity index (χ3n) is 7.15. The van der Waals surface area contributed by atoms with Crippen molar-refractivity contribution < 1.29 is 24.1 Å². The highest BCUT2D eigenvalue weighted by Crippen LogP contribution is 2.47. The number of benzene rings is 3. The molecular formula is C30H33FO4. The average Bonchev–Trinajstić information content (AvgIpc) is 3.69. The highest BCUT2D eigenvalue weighted by Gasteiger charge is 2.39.